The molecule has 0 bridgehead atoms. The highest BCUT2D eigenvalue weighted by Crippen LogP contribution is 1.99. The Kier molecular flexibility index (Phi) is 4.83. The van der Waals surface area contributed by atoms with Crippen molar-refractivity contribution in [2.75, 3.05) is 20.3 Å². The maximum Gasteiger partial charge on any atom is 0.277 e. The van der Waals surface area contributed by atoms with Crippen LogP contribution in [0, 0.1) is 0 Å². The lowest BCUT2D eigenvalue weighted by Gasteiger charge is -2.20. The van der Waals surface area contributed by atoms with Crippen LogP contribution < -0.4 is 9.44 Å². The first-order valence-corrected chi connectivity index (χ1v) is 5.53. The van der Waals surface area contributed by atoms with Crippen molar-refractivity contribution in [3.63, 3.8) is 0 Å². The SMILES string of the molecule is COCCNS(=O)(=O)NC(C)(C)C. The van der Waals surface area contributed by atoms with Crippen molar-refractivity contribution in [2.45, 2.75) is 26.3 Å². The molecular weight excluding hydrogens is 192 g/mol. The number of nitrogens with one attached hydrogen (secondary N) is 2. The van der Waals surface area contributed by atoms with Crippen molar-refractivity contribution in [3.05, 3.63) is 0 Å². The van der Waals surface area contributed by atoms with Crippen LogP contribution in [0.4, 0.5) is 0 Å². The van der Waals surface area contributed by atoms with Crippen LogP contribution in [0.2, 0.25) is 0 Å². The molecule has 2 N–H and O–H groups in total. The average molecular weight is 210 g/mol. The molecule has 0 spiro atoms. The lowest BCUT2D eigenvalue weighted by Crippen LogP contribution is -2.47. The standard InChI is InChI=1S/C7H18N2O3S/c1-7(2,3)9-13(10,11)8-5-6-12-4/h8-9H,5-6H2,1-4H3. The minimum Gasteiger partial charge on any atom is -0.383 e. The molecule has 0 rings (SSSR count). The van der Waals surface area contributed by atoms with Gasteiger partial charge in [0, 0.05) is 19.2 Å². The molecule has 80 valence electrons. The molecule has 0 aromatic heterocycles. The average Bonchev–Trinajstić information content (AvgIpc) is 1.81. The van der Waals surface area contributed by atoms with Crippen molar-refractivity contribution >= 4 is 10.2 Å². The number of hydrogen-bond donors (Lipinski definition) is 2. The van der Waals surface area contributed by atoms with Gasteiger partial charge in [-0.25, -0.2) is 0 Å². The predicted octanol–water partition coefficient (Wildman–Crippen LogP) is -0.145. The van der Waals surface area contributed by atoms with Crippen LogP contribution in [-0.4, -0.2) is 34.2 Å². The van der Waals surface area contributed by atoms with E-state index in [1.165, 1.54) is 7.11 Å². The maximum atomic E-state index is 11.2. The van der Waals surface area contributed by atoms with Gasteiger partial charge in [0.15, 0.2) is 0 Å². The second-order valence-electron chi connectivity index (χ2n) is 3.74. The summed E-state index contributed by atoms with van der Waals surface area (Å²) < 4.78 is 32.0. The van der Waals surface area contributed by atoms with Gasteiger partial charge < -0.3 is 4.74 Å². The van der Waals surface area contributed by atoms with Crippen molar-refractivity contribution in [1.82, 2.24) is 9.44 Å². The third kappa shape index (κ3) is 8.17. The zero-order valence-electron chi connectivity index (χ0n) is 8.55. The first-order valence-electron chi connectivity index (χ1n) is 4.04. The van der Waals surface area contributed by atoms with E-state index in [4.69, 9.17) is 4.74 Å². The maximum absolute atomic E-state index is 11.2. The molecule has 0 aliphatic carbocycles. The van der Waals surface area contributed by atoms with Crippen LogP contribution in [0.3, 0.4) is 0 Å². The Morgan fingerprint density at radius 1 is 1.31 bits per heavy atom. The monoisotopic (exact) mass is 210 g/mol. The van der Waals surface area contributed by atoms with Crippen LogP contribution in [0.15, 0.2) is 0 Å². The van der Waals surface area contributed by atoms with Gasteiger partial charge in [0.25, 0.3) is 10.2 Å². The third-order valence-corrected chi connectivity index (χ3v) is 2.50. The van der Waals surface area contributed by atoms with Gasteiger partial charge in [-0.05, 0) is 20.8 Å². The molecule has 0 aliphatic heterocycles. The van der Waals surface area contributed by atoms with E-state index in [2.05, 4.69) is 9.44 Å². The van der Waals surface area contributed by atoms with Crippen molar-refractivity contribution in [2.24, 2.45) is 0 Å². The van der Waals surface area contributed by atoms with Gasteiger partial charge in [0.05, 0.1) is 6.61 Å². The van der Waals surface area contributed by atoms with E-state index in [1.807, 2.05) is 0 Å². The molecule has 5 nitrogen and oxygen atoms in total. The fourth-order valence-electron chi connectivity index (χ4n) is 0.717. The molecule has 6 heteroatoms. The molecule has 0 aliphatic rings. The first kappa shape index (κ1) is 12.8. The molecular formula is C7H18N2O3S. The molecule has 0 atom stereocenters. The van der Waals surface area contributed by atoms with Crippen LogP contribution in [0.25, 0.3) is 0 Å². The number of rotatable bonds is 5. The molecule has 0 aromatic rings. The van der Waals surface area contributed by atoms with Gasteiger partial charge in [-0.3, -0.25) is 0 Å². The molecule has 0 amide bonds. The van der Waals surface area contributed by atoms with E-state index in [1.54, 1.807) is 20.8 Å². The summed E-state index contributed by atoms with van der Waals surface area (Å²) in [5.41, 5.74) is -0.459. The van der Waals surface area contributed by atoms with Gasteiger partial charge in [-0.2, -0.15) is 17.9 Å². The van der Waals surface area contributed by atoms with Crippen molar-refractivity contribution < 1.29 is 13.2 Å². The summed E-state index contributed by atoms with van der Waals surface area (Å²) in [6.07, 6.45) is 0. The summed E-state index contributed by atoms with van der Waals surface area (Å²) in [5.74, 6) is 0. The highest BCUT2D eigenvalue weighted by atomic mass is 32.2. The summed E-state index contributed by atoms with van der Waals surface area (Å²) in [5, 5.41) is 0. The Hall–Kier alpha value is -0.170. The summed E-state index contributed by atoms with van der Waals surface area (Å²) in [4.78, 5) is 0. The van der Waals surface area contributed by atoms with Gasteiger partial charge >= 0.3 is 0 Å². The lowest BCUT2D eigenvalue weighted by molar-refractivity contribution is 0.204. The Bertz CT molecular complexity index is 231. The summed E-state index contributed by atoms with van der Waals surface area (Å²) in [6, 6.07) is 0. The highest BCUT2D eigenvalue weighted by molar-refractivity contribution is 7.87. The molecule has 0 unspecified atom stereocenters. The van der Waals surface area contributed by atoms with Gasteiger partial charge in [-0.15, -0.1) is 0 Å². The molecule has 13 heavy (non-hydrogen) atoms. The number of ether oxygens (including phenoxy) is 1. The molecule has 0 fully saturated rings. The second-order valence-corrected chi connectivity index (χ2v) is 5.24. The predicted molar refractivity (Wildman–Crippen MR) is 51.7 cm³/mol. The lowest BCUT2D eigenvalue weighted by atomic mass is 10.1. The topological polar surface area (TPSA) is 67.4 Å². The molecule has 0 saturated heterocycles. The zero-order chi connectivity index (χ0) is 10.5. The minimum absolute atomic E-state index is 0.280. The molecule has 0 saturated carbocycles. The molecule has 0 radical (unpaired) electrons. The Labute approximate surface area is 80.0 Å². The van der Waals surface area contributed by atoms with Crippen LogP contribution >= 0.6 is 0 Å². The molecule has 0 heterocycles. The van der Waals surface area contributed by atoms with E-state index in [-0.39, 0.29) is 6.54 Å². The van der Waals surface area contributed by atoms with Crippen molar-refractivity contribution in [3.8, 4) is 0 Å². The molecule has 0 aromatic carbocycles. The van der Waals surface area contributed by atoms with E-state index in [9.17, 15) is 8.42 Å². The minimum atomic E-state index is -3.39. The fourth-order valence-corrected chi connectivity index (χ4v) is 1.95. The van der Waals surface area contributed by atoms with E-state index < -0.39 is 15.7 Å². The van der Waals surface area contributed by atoms with Crippen LogP contribution in [0.1, 0.15) is 20.8 Å². The second kappa shape index (κ2) is 4.90. The summed E-state index contributed by atoms with van der Waals surface area (Å²) >= 11 is 0. The summed E-state index contributed by atoms with van der Waals surface area (Å²) in [6.45, 7) is 5.99. The number of methoxy groups -OCH3 is 1. The van der Waals surface area contributed by atoms with Gasteiger partial charge in [0.1, 0.15) is 0 Å². The fraction of sp³-hybridized carbons (Fsp3) is 1.00. The Morgan fingerprint density at radius 3 is 2.23 bits per heavy atom. The van der Waals surface area contributed by atoms with E-state index in [0.717, 1.165) is 0 Å². The Morgan fingerprint density at radius 2 is 1.85 bits per heavy atom. The highest BCUT2D eigenvalue weighted by Gasteiger charge is 2.18. The van der Waals surface area contributed by atoms with Crippen molar-refractivity contribution in [1.29, 1.82) is 0 Å². The third-order valence-electron chi connectivity index (χ3n) is 1.04. The largest absolute Gasteiger partial charge is 0.383 e. The summed E-state index contributed by atoms with van der Waals surface area (Å²) in [7, 11) is -1.87. The number of hydrogen-bond acceptors (Lipinski definition) is 3. The van der Waals surface area contributed by atoms with E-state index >= 15 is 0 Å². The Balaban J connectivity index is 3.96. The van der Waals surface area contributed by atoms with Gasteiger partial charge in [0.2, 0.25) is 0 Å². The van der Waals surface area contributed by atoms with Gasteiger partial charge in [-0.1, -0.05) is 0 Å². The van der Waals surface area contributed by atoms with E-state index in [0.29, 0.717) is 6.61 Å². The van der Waals surface area contributed by atoms with Crippen LogP contribution in [0.5, 0.6) is 0 Å². The zero-order valence-corrected chi connectivity index (χ0v) is 9.36. The van der Waals surface area contributed by atoms with Crippen LogP contribution in [-0.2, 0) is 14.9 Å². The first-order chi connectivity index (χ1) is 5.77. The normalized spacial score (nSPS) is 13.2. The smallest absolute Gasteiger partial charge is 0.277 e. The quantitative estimate of drug-likeness (QED) is 0.620.